The van der Waals surface area contributed by atoms with E-state index >= 15 is 0 Å². The van der Waals surface area contributed by atoms with Crippen molar-refractivity contribution in [2.45, 2.75) is 26.8 Å². The summed E-state index contributed by atoms with van der Waals surface area (Å²) in [6.07, 6.45) is 0. The van der Waals surface area contributed by atoms with Crippen LogP contribution < -0.4 is 5.32 Å². The van der Waals surface area contributed by atoms with E-state index in [-0.39, 0.29) is 0 Å². The largest absolute Gasteiger partial charge is 0.380 e. The van der Waals surface area contributed by atoms with Gasteiger partial charge in [0.05, 0.1) is 6.61 Å². The Balaban J connectivity index is 3.67. The normalized spacial score (nSPS) is 13.6. The van der Waals surface area contributed by atoms with E-state index in [0.29, 0.717) is 6.04 Å². The van der Waals surface area contributed by atoms with Crippen molar-refractivity contribution < 1.29 is 4.74 Å². The number of hydrogen-bond acceptors (Lipinski definition) is 3. The van der Waals surface area contributed by atoms with E-state index in [4.69, 9.17) is 4.74 Å². The van der Waals surface area contributed by atoms with Gasteiger partial charge in [0.2, 0.25) is 0 Å². The molecule has 0 aromatic rings. The van der Waals surface area contributed by atoms with Gasteiger partial charge in [-0.2, -0.15) is 0 Å². The molecule has 0 saturated carbocycles. The molecular formula is C10H24N2O. The summed E-state index contributed by atoms with van der Waals surface area (Å²) in [6, 6.07) is 0.458. The Morgan fingerprint density at radius 2 is 1.85 bits per heavy atom. The highest BCUT2D eigenvalue weighted by Gasteiger charge is 2.09. The fraction of sp³-hybridized carbons (Fsp3) is 1.00. The van der Waals surface area contributed by atoms with Crippen LogP contribution in [-0.2, 0) is 4.74 Å². The number of nitrogens with one attached hydrogen (secondary N) is 1. The SMILES string of the molecule is CCOC[C@@H](CN(CC)CC)NC. The Bertz CT molecular complexity index is 105. The third kappa shape index (κ3) is 6.02. The van der Waals surface area contributed by atoms with Crippen LogP contribution in [0.15, 0.2) is 0 Å². The molecule has 3 nitrogen and oxygen atoms in total. The minimum atomic E-state index is 0.458. The van der Waals surface area contributed by atoms with Gasteiger partial charge in [0.1, 0.15) is 0 Å². The van der Waals surface area contributed by atoms with E-state index < -0.39 is 0 Å². The fourth-order valence-corrected chi connectivity index (χ4v) is 1.28. The number of ether oxygens (including phenoxy) is 1. The summed E-state index contributed by atoms with van der Waals surface area (Å²) >= 11 is 0. The topological polar surface area (TPSA) is 24.5 Å². The lowest BCUT2D eigenvalue weighted by Gasteiger charge is -2.24. The summed E-state index contributed by atoms with van der Waals surface area (Å²) in [4.78, 5) is 2.40. The predicted octanol–water partition coefficient (Wildman–Crippen LogP) is 0.953. The molecule has 13 heavy (non-hydrogen) atoms. The Kier molecular flexibility index (Phi) is 8.40. The highest BCUT2D eigenvalue weighted by molar-refractivity contribution is 4.68. The van der Waals surface area contributed by atoms with Crippen molar-refractivity contribution >= 4 is 0 Å². The van der Waals surface area contributed by atoms with Gasteiger partial charge in [-0.1, -0.05) is 13.8 Å². The van der Waals surface area contributed by atoms with Crippen LogP contribution in [0.25, 0.3) is 0 Å². The van der Waals surface area contributed by atoms with Crippen molar-refractivity contribution in [3.8, 4) is 0 Å². The molecule has 1 atom stereocenters. The third-order valence-corrected chi connectivity index (χ3v) is 2.30. The molecule has 0 fully saturated rings. The molecule has 0 aromatic heterocycles. The lowest BCUT2D eigenvalue weighted by atomic mass is 10.3. The molecule has 0 bridgehead atoms. The second-order valence-electron chi connectivity index (χ2n) is 3.13. The van der Waals surface area contributed by atoms with Crippen LogP contribution in [0.4, 0.5) is 0 Å². The maximum Gasteiger partial charge on any atom is 0.0631 e. The maximum atomic E-state index is 5.39. The molecule has 0 unspecified atom stereocenters. The first-order valence-electron chi connectivity index (χ1n) is 5.25. The molecule has 0 aliphatic heterocycles. The van der Waals surface area contributed by atoms with E-state index in [0.717, 1.165) is 32.8 Å². The van der Waals surface area contributed by atoms with Gasteiger partial charge >= 0.3 is 0 Å². The van der Waals surface area contributed by atoms with Crippen molar-refractivity contribution in [2.24, 2.45) is 0 Å². The molecule has 0 saturated heterocycles. The third-order valence-electron chi connectivity index (χ3n) is 2.30. The fourth-order valence-electron chi connectivity index (χ4n) is 1.28. The Morgan fingerprint density at radius 3 is 2.23 bits per heavy atom. The van der Waals surface area contributed by atoms with E-state index in [2.05, 4.69) is 24.1 Å². The first-order valence-corrected chi connectivity index (χ1v) is 5.25. The molecule has 1 N–H and O–H groups in total. The molecule has 0 radical (unpaired) electrons. The second-order valence-corrected chi connectivity index (χ2v) is 3.13. The smallest absolute Gasteiger partial charge is 0.0631 e. The van der Waals surface area contributed by atoms with Gasteiger partial charge < -0.3 is 15.0 Å². The average molecular weight is 188 g/mol. The summed E-state index contributed by atoms with van der Waals surface area (Å²) in [5.41, 5.74) is 0. The zero-order valence-electron chi connectivity index (χ0n) is 9.47. The molecule has 0 spiro atoms. The average Bonchev–Trinajstić information content (AvgIpc) is 2.19. The van der Waals surface area contributed by atoms with Crippen LogP contribution in [0.1, 0.15) is 20.8 Å². The summed E-state index contributed by atoms with van der Waals surface area (Å²) in [5.74, 6) is 0. The van der Waals surface area contributed by atoms with Gasteiger partial charge in [0, 0.05) is 19.2 Å². The van der Waals surface area contributed by atoms with Crippen molar-refractivity contribution in [1.29, 1.82) is 0 Å². The Hall–Kier alpha value is -0.120. The van der Waals surface area contributed by atoms with Crippen LogP contribution in [0, 0.1) is 0 Å². The maximum absolute atomic E-state index is 5.39. The van der Waals surface area contributed by atoms with Gasteiger partial charge in [-0.15, -0.1) is 0 Å². The summed E-state index contributed by atoms with van der Waals surface area (Å²) < 4.78 is 5.39. The van der Waals surface area contributed by atoms with Crippen molar-refractivity contribution in [1.82, 2.24) is 10.2 Å². The Morgan fingerprint density at radius 1 is 1.23 bits per heavy atom. The first-order chi connectivity index (χ1) is 6.28. The second kappa shape index (κ2) is 8.48. The highest BCUT2D eigenvalue weighted by atomic mass is 16.5. The van der Waals surface area contributed by atoms with Crippen molar-refractivity contribution in [3.05, 3.63) is 0 Å². The van der Waals surface area contributed by atoms with Crippen LogP contribution in [0.5, 0.6) is 0 Å². The quantitative estimate of drug-likeness (QED) is 0.614. The van der Waals surface area contributed by atoms with Gasteiger partial charge in [-0.25, -0.2) is 0 Å². The summed E-state index contributed by atoms with van der Waals surface area (Å²) in [6.45, 7) is 11.3. The number of likely N-dealkylation sites (N-methyl/N-ethyl adjacent to an activating group) is 2. The van der Waals surface area contributed by atoms with Crippen molar-refractivity contribution in [3.63, 3.8) is 0 Å². The van der Waals surface area contributed by atoms with E-state index in [1.807, 2.05) is 14.0 Å². The van der Waals surface area contributed by atoms with Crippen LogP contribution in [-0.4, -0.2) is 50.8 Å². The number of hydrogen-bond donors (Lipinski definition) is 1. The van der Waals surface area contributed by atoms with Gasteiger partial charge in [0.15, 0.2) is 0 Å². The minimum absolute atomic E-state index is 0.458. The molecule has 0 aromatic carbocycles. The summed E-state index contributed by atoms with van der Waals surface area (Å²) in [7, 11) is 1.99. The molecule has 80 valence electrons. The Labute approximate surface area is 82.4 Å². The first kappa shape index (κ1) is 12.9. The highest BCUT2D eigenvalue weighted by Crippen LogP contribution is 1.93. The number of rotatable bonds is 8. The predicted molar refractivity (Wildman–Crippen MR) is 57.1 cm³/mol. The lowest BCUT2D eigenvalue weighted by Crippen LogP contribution is -2.42. The molecule has 0 aliphatic rings. The summed E-state index contributed by atoms with van der Waals surface area (Å²) in [5, 5.41) is 3.27. The molecular weight excluding hydrogens is 164 g/mol. The molecule has 3 heteroatoms. The molecule has 0 amide bonds. The molecule has 0 heterocycles. The van der Waals surface area contributed by atoms with Crippen LogP contribution in [0.3, 0.4) is 0 Å². The minimum Gasteiger partial charge on any atom is -0.380 e. The zero-order valence-corrected chi connectivity index (χ0v) is 9.47. The van der Waals surface area contributed by atoms with Crippen LogP contribution >= 0.6 is 0 Å². The molecule has 0 rings (SSSR count). The van der Waals surface area contributed by atoms with Crippen LogP contribution in [0.2, 0.25) is 0 Å². The lowest BCUT2D eigenvalue weighted by molar-refractivity contribution is 0.109. The van der Waals surface area contributed by atoms with E-state index in [1.165, 1.54) is 0 Å². The standard InChI is InChI=1S/C10H24N2O/c1-5-12(6-2)8-10(11-4)9-13-7-3/h10-11H,5-9H2,1-4H3/t10-/m1/s1. The van der Waals surface area contributed by atoms with Gasteiger partial charge in [0.25, 0.3) is 0 Å². The van der Waals surface area contributed by atoms with Gasteiger partial charge in [-0.05, 0) is 27.1 Å². The van der Waals surface area contributed by atoms with E-state index in [9.17, 15) is 0 Å². The van der Waals surface area contributed by atoms with Gasteiger partial charge in [-0.3, -0.25) is 0 Å². The molecule has 0 aliphatic carbocycles. The van der Waals surface area contributed by atoms with E-state index in [1.54, 1.807) is 0 Å². The monoisotopic (exact) mass is 188 g/mol. The number of nitrogens with zero attached hydrogens (tertiary/aromatic N) is 1. The zero-order chi connectivity index (χ0) is 10.1. The van der Waals surface area contributed by atoms with Crippen molar-refractivity contribution in [2.75, 3.05) is 39.9 Å².